The number of piperidine rings is 1. The molecule has 0 unspecified atom stereocenters. The second kappa shape index (κ2) is 5.67. The molecule has 1 fully saturated rings. The average Bonchev–Trinajstić information content (AvgIpc) is 2.33. The van der Waals surface area contributed by atoms with Crippen molar-refractivity contribution < 1.29 is 5.11 Å². The molecule has 0 radical (unpaired) electrons. The van der Waals surface area contributed by atoms with Crippen molar-refractivity contribution in [2.45, 2.75) is 25.4 Å². The molecule has 1 atom stereocenters. The van der Waals surface area contributed by atoms with Crippen LogP contribution in [0.1, 0.15) is 18.4 Å². The van der Waals surface area contributed by atoms with Crippen LogP contribution in [0.2, 0.25) is 5.02 Å². The first-order valence-corrected chi connectivity index (χ1v) is 6.27. The lowest BCUT2D eigenvalue weighted by Crippen LogP contribution is -2.34. The molecule has 1 saturated heterocycles. The first kappa shape index (κ1) is 11.9. The van der Waals surface area contributed by atoms with Crippen LogP contribution in [-0.2, 0) is 6.42 Å². The fourth-order valence-electron chi connectivity index (χ4n) is 2.26. The number of aliphatic hydroxyl groups is 1. The van der Waals surface area contributed by atoms with E-state index in [1.54, 1.807) is 0 Å². The van der Waals surface area contributed by atoms with E-state index < -0.39 is 0 Å². The number of benzene rings is 1. The lowest BCUT2D eigenvalue weighted by molar-refractivity contribution is 0.0891. The number of hydrogen-bond donors (Lipinski definition) is 2. The van der Waals surface area contributed by atoms with Crippen molar-refractivity contribution in [3.05, 3.63) is 34.9 Å². The predicted octanol–water partition coefficient (Wildman–Crippen LogP) is 2.24. The van der Waals surface area contributed by atoms with Crippen molar-refractivity contribution in [2.24, 2.45) is 5.92 Å². The second-order valence-corrected chi connectivity index (χ2v) is 4.92. The molecule has 0 aliphatic carbocycles. The van der Waals surface area contributed by atoms with Crippen LogP contribution in [-0.4, -0.2) is 24.3 Å². The van der Waals surface area contributed by atoms with Crippen LogP contribution in [0.5, 0.6) is 0 Å². The summed E-state index contributed by atoms with van der Waals surface area (Å²) in [5, 5.41) is 14.2. The third-order valence-corrected chi connectivity index (χ3v) is 3.54. The fourth-order valence-corrected chi connectivity index (χ4v) is 2.38. The molecule has 0 bridgehead atoms. The molecule has 16 heavy (non-hydrogen) atoms. The first-order chi connectivity index (χ1) is 7.75. The van der Waals surface area contributed by atoms with E-state index >= 15 is 0 Å². The molecule has 2 rings (SSSR count). The van der Waals surface area contributed by atoms with Crippen molar-refractivity contribution in [3.8, 4) is 0 Å². The standard InChI is InChI=1S/C13H18ClNO/c14-12-3-1-10(2-4-12)9-13(16)11-5-7-15-8-6-11/h1-4,11,13,15-16H,5-9H2/t13-/m0/s1. The first-order valence-electron chi connectivity index (χ1n) is 5.89. The van der Waals surface area contributed by atoms with Crippen LogP contribution in [0, 0.1) is 5.92 Å². The van der Waals surface area contributed by atoms with Gasteiger partial charge in [-0.25, -0.2) is 0 Å². The van der Waals surface area contributed by atoms with Crippen molar-refractivity contribution in [2.75, 3.05) is 13.1 Å². The van der Waals surface area contributed by atoms with Crippen molar-refractivity contribution >= 4 is 11.6 Å². The summed E-state index contributed by atoms with van der Waals surface area (Å²) < 4.78 is 0. The molecule has 0 amide bonds. The molecule has 2 N–H and O–H groups in total. The van der Waals surface area contributed by atoms with E-state index in [9.17, 15) is 5.11 Å². The molecule has 1 aromatic carbocycles. The SMILES string of the molecule is O[C@@H](Cc1ccc(Cl)cc1)C1CCNCC1. The molecule has 1 aliphatic rings. The largest absolute Gasteiger partial charge is 0.392 e. The zero-order valence-electron chi connectivity index (χ0n) is 9.32. The van der Waals surface area contributed by atoms with Crippen LogP contribution in [0.25, 0.3) is 0 Å². The van der Waals surface area contributed by atoms with Gasteiger partial charge >= 0.3 is 0 Å². The van der Waals surface area contributed by atoms with E-state index in [4.69, 9.17) is 11.6 Å². The predicted molar refractivity (Wildman–Crippen MR) is 66.8 cm³/mol. The number of aliphatic hydroxyl groups excluding tert-OH is 1. The second-order valence-electron chi connectivity index (χ2n) is 4.49. The minimum absolute atomic E-state index is 0.219. The van der Waals surface area contributed by atoms with Gasteiger partial charge in [0.1, 0.15) is 0 Å². The van der Waals surface area contributed by atoms with Gasteiger partial charge in [0.25, 0.3) is 0 Å². The van der Waals surface area contributed by atoms with Gasteiger partial charge in [-0.3, -0.25) is 0 Å². The Labute approximate surface area is 102 Å². The smallest absolute Gasteiger partial charge is 0.0609 e. The number of nitrogens with one attached hydrogen (secondary N) is 1. The Balaban J connectivity index is 1.90. The molecule has 88 valence electrons. The minimum Gasteiger partial charge on any atom is -0.392 e. The topological polar surface area (TPSA) is 32.3 Å². The fraction of sp³-hybridized carbons (Fsp3) is 0.538. The zero-order chi connectivity index (χ0) is 11.4. The van der Waals surface area contributed by atoms with Crippen LogP contribution >= 0.6 is 11.6 Å². The van der Waals surface area contributed by atoms with E-state index in [-0.39, 0.29) is 6.10 Å². The maximum Gasteiger partial charge on any atom is 0.0609 e. The highest BCUT2D eigenvalue weighted by Gasteiger charge is 2.21. The molecule has 0 saturated carbocycles. The van der Waals surface area contributed by atoms with Gasteiger partial charge in [-0.05, 0) is 56.0 Å². The van der Waals surface area contributed by atoms with Crippen LogP contribution in [0.15, 0.2) is 24.3 Å². The summed E-state index contributed by atoms with van der Waals surface area (Å²) in [6.45, 7) is 2.06. The van der Waals surface area contributed by atoms with Crippen LogP contribution in [0.3, 0.4) is 0 Å². The Morgan fingerprint density at radius 1 is 1.25 bits per heavy atom. The van der Waals surface area contributed by atoms with Crippen LogP contribution < -0.4 is 5.32 Å². The molecule has 0 aromatic heterocycles. The number of hydrogen-bond acceptors (Lipinski definition) is 2. The molecule has 1 heterocycles. The summed E-state index contributed by atoms with van der Waals surface area (Å²) in [5.41, 5.74) is 1.16. The van der Waals surface area contributed by atoms with Gasteiger partial charge in [0.2, 0.25) is 0 Å². The quantitative estimate of drug-likeness (QED) is 0.848. The maximum atomic E-state index is 10.1. The average molecular weight is 240 g/mol. The molecular formula is C13H18ClNO. The highest BCUT2D eigenvalue weighted by Crippen LogP contribution is 2.20. The summed E-state index contributed by atoms with van der Waals surface area (Å²) in [6, 6.07) is 7.75. The van der Waals surface area contributed by atoms with Crippen molar-refractivity contribution in [3.63, 3.8) is 0 Å². The van der Waals surface area contributed by atoms with Gasteiger partial charge in [0, 0.05) is 5.02 Å². The Morgan fingerprint density at radius 2 is 1.88 bits per heavy atom. The van der Waals surface area contributed by atoms with Gasteiger partial charge in [-0.2, -0.15) is 0 Å². The normalized spacial score (nSPS) is 19.6. The minimum atomic E-state index is -0.219. The van der Waals surface area contributed by atoms with Gasteiger partial charge in [0.15, 0.2) is 0 Å². The molecule has 1 aliphatic heterocycles. The molecule has 2 nitrogen and oxygen atoms in total. The molecule has 1 aromatic rings. The van der Waals surface area contributed by atoms with Crippen molar-refractivity contribution in [1.29, 1.82) is 0 Å². The van der Waals surface area contributed by atoms with E-state index in [1.165, 1.54) is 0 Å². The van der Waals surface area contributed by atoms with Gasteiger partial charge in [0.05, 0.1) is 6.10 Å². The summed E-state index contributed by atoms with van der Waals surface area (Å²) in [4.78, 5) is 0. The van der Waals surface area contributed by atoms with E-state index in [0.717, 1.165) is 42.9 Å². The van der Waals surface area contributed by atoms with E-state index in [0.29, 0.717) is 5.92 Å². The lowest BCUT2D eigenvalue weighted by Gasteiger charge is -2.27. The lowest BCUT2D eigenvalue weighted by atomic mass is 9.89. The van der Waals surface area contributed by atoms with Gasteiger partial charge in [-0.15, -0.1) is 0 Å². The van der Waals surface area contributed by atoms with Gasteiger partial charge in [-0.1, -0.05) is 23.7 Å². The summed E-state index contributed by atoms with van der Waals surface area (Å²) in [7, 11) is 0. The Kier molecular flexibility index (Phi) is 4.22. The summed E-state index contributed by atoms with van der Waals surface area (Å²) >= 11 is 5.83. The maximum absolute atomic E-state index is 10.1. The number of rotatable bonds is 3. The molecular weight excluding hydrogens is 222 g/mol. The summed E-state index contributed by atoms with van der Waals surface area (Å²) in [5.74, 6) is 0.442. The number of halogens is 1. The zero-order valence-corrected chi connectivity index (χ0v) is 10.1. The molecule has 0 spiro atoms. The summed E-state index contributed by atoms with van der Waals surface area (Å²) in [6.07, 6.45) is 2.68. The molecule has 3 heteroatoms. The monoisotopic (exact) mass is 239 g/mol. The van der Waals surface area contributed by atoms with Crippen molar-refractivity contribution in [1.82, 2.24) is 5.32 Å². The van der Waals surface area contributed by atoms with E-state index in [2.05, 4.69) is 5.32 Å². The Morgan fingerprint density at radius 3 is 2.50 bits per heavy atom. The highest BCUT2D eigenvalue weighted by atomic mass is 35.5. The van der Waals surface area contributed by atoms with Crippen LogP contribution in [0.4, 0.5) is 0 Å². The highest BCUT2D eigenvalue weighted by molar-refractivity contribution is 6.30. The van der Waals surface area contributed by atoms with E-state index in [1.807, 2.05) is 24.3 Å². The third kappa shape index (κ3) is 3.21. The third-order valence-electron chi connectivity index (χ3n) is 3.29. The Bertz CT molecular complexity index is 319. The van der Waals surface area contributed by atoms with Gasteiger partial charge < -0.3 is 10.4 Å². The Hall–Kier alpha value is -0.570.